The highest BCUT2D eigenvalue weighted by Gasteiger charge is 2.35. The number of halogens is 2. The molecular formula is C20H17Br2NO5S. The molecule has 2 aromatic carbocycles. The number of nitrogens with zero attached hydrogens (tertiary/aromatic N) is 1. The second-order valence-electron chi connectivity index (χ2n) is 6.14. The predicted molar refractivity (Wildman–Crippen MR) is 119 cm³/mol. The Morgan fingerprint density at radius 2 is 1.86 bits per heavy atom. The van der Waals surface area contributed by atoms with Gasteiger partial charge in [-0.2, -0.15) is 0 Å². The summed E-state index contributed by atoms with van der Waals surface area (Å²) in [6, 6.07) is 9.13. The van der Waals surface area contributed by atoms with E-state index in [-0.39, 0.29) is 40.7 Å². The first-order chi connectivity index (χ1) is 13.8. The summed E-state index contributed by atoms with van der Waals surface area (Å²) in [5.41, 5.74) is 1.71. The molecule has 0 radical (unpaired) electrons. The largest absolute Gasteiger partial charge is 0.503 e. The Bertz CT molecular complexity index is 991. The number of carbonyl (C=O) groups is 2. The van der Waals surface area contributed by atoms with Crippen molar-refractivity contribution in [3.63, 3.8) is 0 Å². The van der Waals surface area contributed by atoms with Crippen molar-refractivity contribution in [3.8, 4) is 17.2 Å². The lowest BCUT2D eigenvalue weighted by atomic mass is 10.2. The molecule has 1 N–H and O–H groups in total. The normalized spacial score (nSPS) is 15.3. The van der Waals surface area contributed by atoms with Crippen molar-refractivity contribution >= 4 is 60.8 Å². The molecule has 2 aromatic rings. The Hall–Kier alpha value is -1.97. The molecule has 0 saturated carbocycles. The van der Waals surface area contributed by atoms with Crippen LogP contribution in [0.5, 0.6) is 17.2 Å². The lowest BCUT2D eigenvalue weighted by Crippen LogP contribution is -2.32. The fraction of sp³-hybridized carbons (Fsp3) is 0.200. The van der Waals surface area contributed by atoms with Crippen molar-refractivity contribution < 1.29 is 24.2 Å². The molecule has 152 valence electrons. The van der Waals surface area contributed by atoms with Gasteiger partial charge in [-0.1, -0.05) is 17.7 Å². The minimum Gasteiger partial charge on any atom is -0.503 e. The number of imide groups is 1. The first-order valence-electron chi connectivity index (χ1n) is 8.51. The average Bonchev–Trinajstić information content (AvgIpc) is 2.97. The maximum Gasteiger partial charge on any atom is 0.293 e. The van der Waals surface area contributed by atoms with Crippen molar-refractivity contribution in [1.29, 1.82) is 0 Å². The second-order valence-corrected chi connectivity index (χ2v) is 8.72. The number of aryl methyl sites for hydroxylation is 1. The predicted octanol–water partition coefficient (Wildman–Crippen LogP) is 5.35. The highest BCUT2D eigenvalue weighted by molar-refractivity contribution is 9.13. The summed E-state index contributed by atoms with van der Waals surface area (Å²) in [5, 5.41) is 9.68. The van der Waals surface area contributed by atoms with Gasteiger partial charge in [0.2, 0.25) is 0 Å². The summed E-state index contributed by atoms with van der Waals surface area (Å²) in [6.45, 7) is 2.34. The molecule has 0 aromatic heterocycles. The zero-order valence-corrected chi connectivity index (χ0v) is 19.6. The zero-order chi connectivity index (χ0) is 21.1. The number of hydrogen-bond acceptors (Lipinski definition) is 6. The van der Waals surface area contributed by atoms with Gasteiger partial charge in [0.05, 0.1) is 23.0 Å². The summed E-state index contributed by atoms with van der Waals surface area (Å²) in [4.78, 5) is 26.4. The first kappa shape index (κ1) is 21.7. The molecule has 9 heteroatoms. The summed E-state index contributed by atoms with van der Waals surface area (Å²) >= 11 is 7.52. The van der Waals surface area contributed by atoms with Gasteiger partial charge in [-0.3, -0.25) is 14.5 Å². The molecule has 0 atom stereocenters. The molecule has 0 unspecified atom stereocenters. The molecular weight excluding hydrogens is 526 g/mol. The van der Waals surface area contributed by atoms with Crippen LogP contribution in [-0.2, 0) is 4.79 Å². The fourth-order valence-electron chi connectivity index (χ4n) is 2.60. The molecule has 0 bridgehead atoms. The third-order valence-electron chi connectivity index (χ3n) is 4.16. The number of aromatic hydroxyl groups is 1. The van der Waals surface area contributed by atoms with E-state index in [9.17, 15) is 14.7 Å². The molecule has 1 aliphatic heterocycles. The summed E-state index contributed by atoms with van der Waals surface area (Å²) in [5.74, 6) is 0.487. The third-order valence-corrected chi connectivity index (χ3v) is 7.22. The number of rotatable bonds is 6. The van der Waals surface area contributed by atoms with Crippen LogP contribution in [0.15, 0.2) is 44.2 Å². The van der Waals surface area contributed by atoms with Gasteiger partial charge in [0.25, 0.3) is 11.1 Å². The van der Waals surface area contributed by atoms with Crippen LogP contribution in [-0.4, -0.2) is 41.4 Å². The molecule has 29 heavy (non-hydrogen) atoms. The van der Waals surface area contributed by atoms with E-state index >= 15 is 0 Å². The second kappa shape index (κ2) is 9.23. The van der Waals surface area contributed by atoms with Crippen molar-refractivity contribution in [3.05, 3.63) is 55.3 Å². The lowest BCUT2D eigenvalue weighted by Gasteiger charge is -2.13. The van der Waals surface area contributed by atoms with E-state index in [0.29, 0.717) is 20.3 Å². The Morgan fingerprint density at radius 1 is 1.17 bits per heavy atom. The van der Waals surface area contributed by atoms with Crippen LogP contribution in [0, 0.1) is 6.92 Å². The maximum atomic E-state index is 12.7. The van der Waals surface area contributed by atoms with Gasteiger partial charge >= 0.3 is 0 Å². The third kappa shape index (κ3) is 4.79. The molecule has 3 rings (SSSR count). The minimum absolute atomic E-state index is 0.0575. The van der Waals surface area contributed by atoms with Gasteiger partial charge in [-0.05, 0) is 80.4 Å². The highest BCUT2D eigenvalue weighted by atomic mass is 79.9. The average molecular weight is 543 g/mol. The number of benzene rings is 2. The van der Waals surface area contributed by atoms with E-state index in [4.69, 9.17) is 9.47 Å². The minimum atomic E-state index is -0.387. The molecule has 1 fully saturated rings. The number of hydrogen-bond donors (Lipinski definition) is 1. The van der Waals surface area contributed by atoms with Crippen LogP contribution in [0.4, 0.5) is 4.79 Å². The topological polar surface area (TPSA) is 76.1 Å². The monoisotopic (exact) mass is 541 g/mol. The van der Waals surface area contributed by atoms with Crippen LogP contribution >= 0.6 is 43.6 Å². The molecule has 0 aliphatic carbocycles. The fourth-order valence-corrected chi connectivity index (χ4v) is 4.29. The Kier molecular flexibility index (Phi) is 6.92. The van der Waals surface area contributed by atoms with E-state index in [1.807, 2.05) is 31.2 Å². The zero-order valence-electron chi connectivity index (χ0n) is 15.6. The molecule has 1 heterocycles. The number of methoxy groups -OCH3 is 1. The molecule has 1 aliphatic rings. The van der Waals surface area contributed by atoms with Gasteiger partial charge < -0.3 is 14.6 Å². The number of thioether (sulfide) groups is 1. The quantitative estimate of drug-likeness (QED) is 0.496. The van der Waals surface area contributed by atoms with E-state index in [0.717, 1.165) is 22.2 Å². The number of amides is 2. The summed E-state index contributed by atoms with van der Waals surface area (Å²) in [6.07, 6.45) is 1.59. The Balaban J connectivity index is 1.73. The molecule has 2 amide bonds. The SMILES string of the molecule is COc1cc(/C=C2\SC(=O)N(CCOc3ccc(C)cc3)C2=O)c(Br)c(Br)c1O. The van der Waals surface area contributed by atoms with Crippen molar-refractivity contribution in [2.45, 2.75) is 6.92 Å². The van der Waals surface area contributed by atoms with Crippen LogP contribution in [0.2, 0.25) is 0 Å². The highest BCUT2D eigenvalue weighted by Crippen LogP contribution is 2.43. The number of phenolic OH excluding ortho intramolecular Hbond substituents is 1. The van der Waals surface area contributed by atoms with Crippen LogP contribution in [0.1, 0.15) is 11.1 Å². The first-order valence-corrected chi connectivity index (χ1v) is 10.9. The van der Waals surface area contributed by atoms with Gasteiger partial charge in [-0.15, -0.1) is 0 Å². The van der Waals surface area contributed by atoms with Crippen molar-refractivity contribution in [2.75, 3.05) is 20.3 Å². The molecule has 0 spiro atoms. The van der Waals surface area contributed by atoms with Crippen LogP contribution in [0.3, 0.4) is 0 Å². The van der Waals surface area contributed by atoms with Gasteiger partial charge in [0.1, 0.15) is 12.4 Å². The van der Waals surface area contributed by atoms with Gasteiger partial charge in [0.15, 0.2) is 11.5 Å². The maximum absolute atomic E-state index is 12.7. The van der Waals surface area contributed by atoms with Crippen LogP contribution in [0.25, 0.3) is 6.08 Å². The van der Waals surface area contributed by atoms with Crippen molar-refractivity contribution in [2.24, 2.45) is 0 Å². The lowest BCUT2D eigenvalue weighted by molar-refractivity contribution is -0.123. The van der Waals surface area contributed by atoms with Gasteiger partial charge in [-0.25, -0.2) is 0 Å². The summed E-state index contributed by atoms with van der Waals surface area (Å²) in [7, 11) is 1.43. The molecule has 1 saturated heterocycles. The van der Waals surface area contributed by atoms with E-state index < -0.39 is 0 Å². The standard InChI is InChI=1S/C20H17Br2NO5S/c1-11-3-5-13(6-4-11)28-8-7-23-19(25)15(29-20(23)26)10-12-9-14(27-2)18(24)17(22)16(12)21/h3-6,9-10,24H,7-8H2,1-2H3/b15-10-. The smallest absolute Gasteiger partial charge is 0.293 e. The number of carbonyl (C=O) groups excluding carboxylic acids is 2. The van der Waals surface area contributed by atoms with Crippen molar-refractivity contribution in [1.82, 2.24) is 4.90 Å². The van der Waals surface area contributed by atoms with E-state index in [1.165, 1.54) is 7.11 Å². The Labute approximate surface area is 189 Å². The van der Waals surface area contributed by atoms with Gasteiger partial charge in [0, 0.05) is 4.47 Å². The number of phenols is 1. The number of ether oxygens (including phenoxy) is 2. The van der Waals surface area contributed by atoms with Crippen LogP contribution < -0.4 is 9.47 Å². The Morgan fingerprint density at radius 3 is 2.52 bits per heavy atom. The van der Waals surface area contributed by atoms with E-state index in [1.54, 1.807) is 12.1 Å². The van der Waals surface area contributed by atoms with E-state index in [2.05, 4.69) is 31.9 Å². The molecule has 6 nitrogen and oxygen atoms in total. The summed E-state index contributed by atoms with van der Waals surface area (Å²) < 4.78 is 11.7.